The van der Waals surface area contributed by atoms with Crippen LogP contribution in [0.3, 0.4) is 0 Å². The number of imidazole rings is 1. The fraction of sp³-hybridized carbons (Fsp3) is 0.444. The molecule has 0 radical (unpaired) electrons. The molecule has 0 saturated carbocycles. The first-order chi connectivity index (χ1) is 13.1. The maximum absolute atomic E-state index is 11.7. The van der Waals surface area contributed by atoms with Gasteiger partial charge in [0.2, 0.25) is 0 Å². The first kappa shape index (κ1) is 21.8. The van der Waals surface area contributed by atoms with Crippen molar-refractivity contribution in [2.45, 2.75) is 43.8 Å². The van der Waals surface area contributed by atoms with Crippen molar-refractivity contribution in [1.29, 1.82) is 0 Å². The Labute approximate surface area is 158 Å². The molecule has 1 fully saturated rings. The third-order valence-electron chi connectivity index (χ3n) is 4.11. The van der Waals surface area contributed by atoms with Gasteiger partial charge in [0.1, 0.15) is 12.2 Å². The van der Waals surface area contributed by atoms with E-state index in [9.17, 15) is 26.7 Å². The highest BCUT2D eigenvalue weighted by atomic mass is 19.4. The zero-order valence-electron chi connectivity index (χ0n) is 14.8. The number of carboxylic acid groups (broad SMARTS) is 1. The highest BCUT2D eigenvalue weighted by Crippen LogP contribution is 2.37. The molecule has 28 heavy (non-hydrogen) atoms. The van der Waals surface area contributed by atoms with E-state index >= 15 is 0 Å². The van der Waals surface area contributed by atoms with Crippen LogP contribution in [-0.2, 0) is 4.79 Å². The number of carbonyl (C=O) groups is 1. The maximum atomic E-state index is 11.7. The lowest BCUT2D eigenvalue weighted by molar-refractivity contribution is -0.283. The molecule has 1 aliphatic rings. The fourth-order valence-corrected chi connectivity index (χ4v) is 2.65. The minimum Gasteiger partial charge on any atom is -0.481 e. The molecule has 0 spiro atoms. The number of aromatic nitrogens is 2. The minimum atomic E-state index is -5.79. The molecule has 0 amide bonds. The van der Waals surface area contributed by atoms with Crippen molar-refractivity contribution in [1.82, 2.24) is 15.3 Å². The van der Waals surface area contributed by atoms with Crippen molar-refractivity contribution in [3.63, 3.8) is 0 Å². The number of benzene rings is 1. The predicted molar refractivity (Wildman–Crippen MR) is 91.9 cm³/mol. The highest BCUT2D eigenvalue weighted by Gasteiger charge is 2.58. The smallest absolute Gasteiger partial charge is 0.453 e. The lowest BCUT2D eigenvalue weighted by Crippen LogP contribution is -2.38. The molecular weight excluding hydrogens is 385 g/mol. The minimum absolute atomic E-state index is 0.404. The zero-order chi connectivity index (χ0) is 20.8. The number of nitrogens with zero attached hydrogens (tertiary/aromatic N) is 1. The third-order valence-corrected chi connectivity index (χ3v) is 4.11. The molecule has 3 N–H and O–H groups in total. The van der Waals surface area contributed by atoms with Crippen molar-refractivity contribution in [3.05, 3.63) is 42.4 Å². The summed E-state index contributed by atoms with van der Waals surface area (Å²) in [7, 11) is 0. The van der Waals surface area contributed by atoms with Gasteiger partial charge >= 0.3 is 18.1 Å². The molecule has 0 aliphatic carbocycles. The Kier molecular flexibility index (Phi) is 7.11. The lowest BCUT2D eigenvalue weighted by atomic mass is 10.0. The number of hydrogen-bond donors (Lipinski definition) is 3. The SMILES string of the molecule is O=C(O)CC(F)(F)C(F)(F)F.c1ccc(-c2cnc(C3CCCCN3)[nH]2)cc1. The first-order valence-corrected chi connectivity index (χ1v) is 8.60. The van der Waals surface area contributed by atoms with E-state index in [1.165, 1.54) is 24.8 Å². The molecule has 1 aliphatic heterocycles. The standard InChI is InChI=1S/C14H17N3.C4H3F5O2/c1-2-6-11(7-3-1)13-10-16-14(17-13)12-8-4-5-9-15-12;5-3(6,1-2(10)11)4(7,8)9/h1-3,6-7,10,12,15H,4-5,8-9H2,(H,16,17);1H2,(H,10,11). The van der Waals surface area contributed by atoms with Gasteiger partial charge in [0.15, 0.2) is 0 Å². The number of halogens is 5. The van der Waals surface area contributed by atoms with Gasteiger partial charge in [0.05, 0.1) is 17.9 Å². The molecule has 1 unspecified atom stereocenters. The summed E-state index contributed by atoms with van der Waals surface area (Å²) in [5.41, 5.74) is 2.30. The number of aromatic amines is 1. The Morgan fingerprint density at radius 3 is 2.32 bits per heavy atom. The molecule has 1 aromatic carbocycles. The molecular formula is C18H20F5N3O2. The van der Waals surface area contributed by atoms with E-state index in [2.05, 4.69) is 39.6 Å². The number of piperidine rings is 1. The van der Waals surface area contributed by atoms with Crippen LogP contribution in [0.1, 0.15) is 37.5 Å². The molecule has 1 saturated heterocycles. The van der Waals surface area contributed by atoms with Crippen LogP contribution in [-0.4, -0.2) is 39.7 Å². The average Bonchev–Trinajstić information content (AvgIpc) is 3.12. The van der Waals surface area contributed by atoms with Crippen LogP contribution >= 0.6 is 0 Å². The van der Waals surface area contributed by atoms with Gasteiger partial charge in [-0.1, -0.05) is 36.8 Å². The molecule has 1 atom stereocenters. The number of hydrogen-bond acceptors (Lipinski definition) is 3. The van der Waals surface area contributed by atoms with E-state index in [1.54, 1.807) is 0 Å². The van der Waals surface area contributed by atoms with Gasteiger partial charge in [-0.15, -0.1) is 0 Å². The summed E-state index contributed by atoms with van der Waals surface area (Å²) < 4.78 is 56.9. The van der Waals surface area contributed by atoms with E-state index in [0.717, 1.165) is 18.1 Å². The summed E-state index contributed by atoms with van der Waals surface area (Å²) in [6.07, 6.45) is -2.33. The molecule has 10 heteroatoms. The second kappa shape index (κ2) is 9.13. The van der Waals surface area contributed by atoms with Gasteiger partial charge in [-0.05, 0) is 24.9 Å². The van der Waals surface area contributed by atoms with Gasteiger partial charge in [0.25, 0.3) is 0 Å². The third kappa shape index (κ3) is 6.01. The fourth-order valence-electron chi connectivity index (χ4n) is 2.65. The summed E-state index contributed by atoms with van der Waals surface area (Å²) in [4.78, 5) is 17.4. The second-order valence-corrected chi connectivity index (χ2v) is 6.32. The van der Waals surface area contributed by atoms with Crippen LogP contribution < -0.4 is 5.32 Å². The van der Waals surface area contributed by atoms with Gasteiger partial charge in [-0.25, -0.2) is 4.98 Å². The predicted octanol–water partition coefficient (Wildman–Crippen LogP) is 4.55. The molecule has 0 bridgehead atoms. The largest absolute Gasteiger partial charge is 0.481 e. The van der Waals surface area contributed by atoms with Crippen LogP contribution in [0.15, 0.2) is 36.5 Å². The van der Waals surface area contributed by atoms with Crippen LogP contribution in [0.2, 0.25) is 0 Å². The first-order valence-electron chi connectivity index (χ1n) is 8.60. The Bertz CT molecular complexity index is 756. The van der Waals surface area contributed by atoms with E-state index in [-0.39, 0.29) is 0 Å². The van der Waals surface area contributed by atoms with Crippen LogP contribution in [0.5, 0.6) is 0 Å². The quantitative estimate of drug-likeness (QED) is 0.652. The average molecular weight is 405 g/mol. The van der Waals surface area contributed by atoms with Crippen molar-refractivity contribution in [2.75, 3.05) is 6.54 Å². The number of carboxylic acids is 1. The molecule has 5 nitrogen and oxygen atoms in total. The molecule has 2 aromatic rings. The number of alkyl halides is 5. The number of aliphatic carboxylic acids is 1. The van der Waals surface area contributed by atoms with Crippen molar-refractivity contribution >= 4 is 5.97 Å². The molecule has 2 heterocycles. The second-order valence-electron chi connectivity index (χ2n) is 6.32. The van der Waals surface area contributed by atoms with E-state index in [1.807, 2.05) is 12.3 Å². The summed E-state index contributed by atoms with van der Waals surface area (Å²) >= 11 is 0. The Morgan fingerprint density at radius 2 is 1.82 bits per heavy atom. The summed E-state index contributed by atoms with van der Waals surface area (Å²) in [6, 6.07) is 10.7. The van der Waals surface area contributed by atoms with Gasteiger partial charge in [-0.2, -0.15) is 22.0 Å². The van der Waals surface area contributed by atoms with Crippen LogP contribution in [0.25, 0.3) is 11.3 Å². The Hall–Kier alpha value is -2.49. The molecule has 3 rings (SSSR count). The van der Waals surface area contributed by atoms with E-state index < -0.39 is 24.5 Å². The van der Waals surface area contributed by atoms with Gasteiger partial charge in [0, 0.05) is 0 Å². The maximum Gasteiger partial charge on any atom is 0.453 e. The van der Waals surface area contributed by atoms with E-state index in [0.29, 0.717) is 6.04 Å². The van der Waals surface area contributed by atoms with Crippen molar-refractivity contribution in [3.8, 4) is 11.3 Å². The molecule has 1 aromatic heterocycles. The monoisotopic (exact) mass is 405 g/mol. The number of H-pyrrole nitrogens is 1. The topological polar surface area (TPSA) is 78.0 Å². The van der Waals surface area contributed by atoms with E-state index in [4.69, 9.17) is 5.11 Å². The van der Waals surface area contributed by atoms with Crippen molar-refractivity contribution in [2.24, 2.45) is 0 Å². The summed E-state index contributed by atoms with van der Waals surface area (Å²) in [6.45, 7) is 1.10. The Balaban J connectivity index is 0.000000224. The lowest BCUT2D eigenvalue weighted by Gasteiger charge is -2.21. The van der Waals surface area contributed by atoms with Crippen LogP contribution in [0.4, 0.5) is 22.0 Å². The highest BCUT2D eigenvalue weighted by molar-refractivity contribution is 5.68. The number of rotatable bonds is 4. The summed E-state index contributed by atoms with van der Waals surface area (Å²) in [5, 5.41) is 11.1. The Morgan fingerprint density at radius 1 is 1.14 bits per heavy atom. The normalized spacial score (nSPS) is 17.5. The van der Waals surface area contributed by atoms with Crippen LogP contribution in [0, 0.1) is 0 Å². The van der Waals surface area contributed by atoms with Gasteiger partial charge < -0.3 is 15.4 Å². The van der Waals surface area contributed by atoms with Crippen molar-refractivity contribution < 1.29 is 31.9 Å². The van der Waals surface area contributed by atoms with Gasteiger partial charge in [-0.3, -0.25) is 4.79 Å². The zero-order valence-corrected chi connectivity index (χ0v) is 14.8. The summed E-state index contributed by atoms with van der Waals surface area (Å²) in [5.74, 6) is -6.25. The number of nitrogens with one attached hydrogen (secondary N) is 2. The molecule has 154 valence electrons.